The fourth-order valence-electron chi connectivity index (χ4n) is 5.24. The second-order valence-corrected chi connectivity index (χ2v) is 11.2. The van der Waals surface area contributed by atoms with Crippen molar-refractivity contribution >= 4 is 38.6 Å². The number of morpholine rings is 1. The van der Waals surface area contributed by atoms with Crippen molar-refractivity contribution in [2.75, 3.05) is 29.9 Å². The predicted octanol–water partition coefficient (Wildman–Crippen LogP) is 5.85. The molecule has 0 unspecified atom stereocenters. The van der Waals surface area contributed by atoms with Gasteiger partial charge in [-0.05, 0) is 69.2 Å². The topological polar surface area (TPSA) is 74.4 Å². The van der Waals surface area contributed by atoms with Gasteiger partial charge in [-0.1, -0.05) is 11.3 Å². The van der Waals surface area contributed by atoms with E-state index >= 15 is 0 Å². The zero-order valence-electron chi connectivity index (χ0n) is 21.5. The summed E-state index contributed by atoms with van der Waals surface area (Å²) in [6.07, 6.45) is 4.14. The van der Waals surface area contributed by atoms with Gasteiger partial charge in [-0.15, -0.1) is 0 Å². The van der Waals surface area contributed by atoms with E-state index in [9.17, 15) is 14.4 Å². The van der Waals surface area contributed by atoms with Crippen LogP contribution in [0, 0.1) is 17.1 Å². The van der Waals surface area contributed by atoms with Gasteiger partial charge in [-0.25, -0.2) is 9.37 Å². The highest BCUT2D eigenvalue weighted by Crippen LogP contribution is 2.40. The van der Waals surface area contributed by atoms with Crippen molar-refractivity contribution < 1.29 is 9.13 Å². The third-order valence-corrected chi connectivity index (χ3v) is 8.25. The van der Waals surface area contributed by atoms with Crippen molar-refractivity contribution in [2.24, 2.45) is 0 Å². The summed E-state index contributed by atoms with van der Waals surface area (Å²) in [6, 6.07) is 14.5. The molecule has 1 aliphatic heterocycles. The molecule has 2 aromatic carbocycles. The Morgan fingerprint density at radius 3 is 2.47 bits per heavy atom. The fourth-order valence-corrected chi connectivity index (χ4v) is 6.10. The van der Waals surface area contributed by atoms with Gasteiger partial charge < -0.3 is 19.1 Å². The highest BCUT2D eigenvalue weighted by molar-refractivity contribution is 7.16. The van der Waals surface area contributed by atoms with E-state index in [1.165, 1.54) is 23.5 Å². The number of nitriles is 1. The first-order chi connectivity index (χ1) is 18.3. The van der Waals surface area contributed by atoms with E-state index in [1.54, 1.807) is 12.1 Å². The third kappa shape index (κ3) is 4.44. The Labute approximate surface area is 224 Å². The summed E-state index contributed by atoms with van der Waals surface area (Å²) >= 11 is 1.28. The molecule has 6 rings (SSSR count). The van der Waals surface area contributed by atoms with Gasteiger partial charge in [0.05, 0.1) is 17.9 Å². The second-order valence-electron chi connectivity index (χ2n) is 10.2. The lowest BCUT2D eigenvalue weighted by Gasteiger charge is -2.37. The molecule has 2 aromatic heterocycles. The fraction of sp³-hybridized carbons (Fsp3) is 0.345. The number of hydrogen-bond donors (Lipinski definition) is 0. The number of benzene rings is 2. The van der Waals surface area contributed by atoms with Gasteiger partial charge in [0.25, 0.3) is 5.56 Å². The van der Waals surface area contributed by atoms with Crippen molar-refractivity contribution in [2.45, 2.75) is 44.9 Å². The zero-order chi connectivity index (χ0) is 26.6. The van der Waals surface area contributed by atoms with E-state index in [2.05, 4.69) is 30.9 Å². The highest BCUT2D eigenvalue weighted by atomic mass is 32.1. The number of ether oxygens (including phenoxy) is 1. The summed E-state index contributed by atoms with van der Waals surface area (Å²) in [5, 5.41) is 12.0. The average Bonchev–Trinajstić information content (AvgIpc) is 3.66. The van der Waals surface area contributed by atoms with Crippen molar-refractivity contribution in [1.82, 2.24) is 9.55 Å². The Kier molecular flexibility index (Phi) is 6.17. The summed E-state index contributed by atoms with van der Waals surface area (Å²) < 4.78 is 21.3. The predicted molar refractivity (Wildman–Crippen MR) is 149 cm³/mol. The minimum Gasteiger partial charge on any atom is -0.372 e. The molecule has 0 spiro atoms. The van der Waals surface area contributed by atoms with Gasteiger partial charge >= 0.3 is 0 Å². The number of thiazole rings is 1. The van der Waals surface area contributed by atoms with E-state index in [1.807, 2.05) is 34.8 Å². The summed E-state index contributed by atoms with van der Waals surface area (Å²) in [6.45, 7) is 5.70. The van der Waals surface area contributed by atoms with Crippen LogP contribution < -0.4 is 15.4 Å². The Morgan fingerprint density at radius 2 is 1.82 bits per heavy atom. The summed E-state index contributed by atoms with van der Waals surface area (Å²) in [4.78, 5) is 23.0. The lowest BCUT2D eigenvalue weighted by atomic mass is 10.1. The van der Waals surface area contributed by atoms with Crippen LogP contribution in [0.3, 0.4) is 0 Å². The van der Waals surface area contributed by atoms with Gasteiger partial charge in [-0.3, -0.25) is 4.79 Å². The van der Waals surface area contributed by atoms with E-state index in [0.29, 0.717) is 26.7 Å². The second kappa shape index (κ2) is 9.53. The van der Waals surface area contributed by atoms with E-state index in [-0.39, 0.29) is 29.6 Å². The van der Waals surface area contributed by atoms with Crippen LogP contribution in [0.1, 0.15) is 37.6 Å². The lowest BCUT2D eigenvalue weighted by Crippen LogP contribution is -2.45. The molecular formula is C29H28FN5O2S. The molecule has 1 aliphatic carbocycles. The molecule has 2 fully saturated rings. The van der Waals surface area contributed by atoms with Crippen LogP contribution in [0.4, 0.5) is 20.9 Å². The number of nitrogens with zero attached hydrogens (tertiary/aromatic N) is 5. The molecule has 2 aliphatic rings. The van der Waals surface area contributed by atoms with Crippen LogP contribution >= 0.6 is 11.3 Å². The van der Waals surface area contributed by atoms with Crippen molar-refractivity contribution in [3.8, 4) is 17.3 Å². The van der Waals surface area contributed by atoms with Crippen LogP contribution in [0.25, 0.3) is 22.0 Å². The summed E-state index contributed by atoms with van der Waals surface area (Å²) in [7, 11) is 1.91. The first-order valence-corrected chi connectivity index (χ1v) is 13.6. The Hall–Kier alpha value is -3.74. The Morgan fingerprint density at radius 1 is 1.11 bits per heavy atom. The molecule has 1 saturated carbocycles. The van der Waals surface area contributed by atoms with Gasteiger partial charge in [0.15, 0.2) is 5.13 Å². The summed E-state index contributed by atoms with van der Waals surface area (Å²) in [5.74, 6) is -0.339. The molecule has 0 amide bonds. The van der Waals surface area contributed by atoms with Crippen LogP contribution in [0.5, 0.6) is 0 Å². The first kappa shape index (κ1) is 24.6. The molecule has 2 atom stereocenters. The average molecular weight is 530 g/mol. The molecule has 38 heavy (non-hydrogen) atoms. The van der Waals surface area contributed by atoms with Crippen molar-refractivity contribution in [1.29, 1.82) is 5.26 Å². The number of fused-ring (bicyclic) bond motifs is 1. The van der Waals surface area contributed by atoms with Crippen molar-refractivity contribution in [3.05, 3.63) is 69.7 Å². The number of hydrogen-bond acceptors (Lipinski definition) is 7. The van der Waals surface area contributed by atoms with Crippen LogP contribution in [-0.2, 0) is 4.74 Å². The molecule has 4 aromatic rings. The number of rotatable bonds is 5. The van der Waals surface area contributed by atoms with Crippen molar-refractivity contribution in [3.63, 3.8) is 0 Å². The van der Waals surface area contributed by atoms with Crippen LogP contribution in [0.2, 0.25) is 0 Å². The third-order valence-electron chi connectivity index (χ3n) is 7.21. The molecule has 0 N–H and O–H groups in total. The highest BCUT2D eigenvalue weighted by Gasteiger charge is 2.28. The first-order valence-electron chi connectivity index (χ1n) is 12.8. The van der Waals surface area contributed by atoms with Gasteiger partial charge in [0, 0.05) is 54.4 Å². The molecule has 9 heteroatoms. The zero-order valence-corrected chi connectivity index (χ0v) is 22.3. The number of halogens is 1. The van der Waals surface area contributed by atoms with E-state index in [4.69, 9.17) is 9.72 Å². The van der Waals surface area contributed by atoms with Crippen LogP contribution in [-0.4, -0.2) is 41.9 Å². The minimum atomic E-state index is -0.339. The SMILES string of the molecule is C[C@@H]1CN(c2ccc3c(=O)n(C4CC4)cc(N(C)c4nc(-c5ccc(F)cc5)c(C#N)s4)c3c2)C[C@H](C)O1. The van der Waals surface area contributed by atoms with Gasteiger partial charge in [0.1, 0.15) is 22.5 Å². The standard InChI is InChI=1S/C29H28FN5O2S/c1-17-14-34(15-18(2)37-17)22-10-11-23-24(12-22)25(16-35(28(23)36)21-8-9-21)33(3)29-32-27(26(13-31)38-29)19-4-6-20(30)7-5-19/h4-7,10-12,16-18,21H,8-9,14-15H2,1-3H3/t17-,18+. The molecule has 0 radical (unpaired) electrons. The minimum absolute atomic E-state index is 0.0127. The largest absolute Gasteiger partial charge is 0.372 e. The maximum absolute atomic E-state index is 13.5. The molecule has 3 heterocycles. The normalized spacial score (nSPS) is 19.5. The molecule has 1 saturated heterocycles. The molecular weight excluding hydrogens is 501 g/mol. The quantitative estimate of drug-likeness (QED) is 0.323. The smallest absolute Gasteiger partial charge is 0.258 e. The lowest BCUT2D eigenvalue weighted by molar-refractivity contribution is -0.00521. The maximum atomic E-state index is 13.5. The number of aromatic nitrogens is 2. The number of anilines is 3. The monoisotopic (exact) mass is 529 g/mol. The number of pyridine rings is 1. The Bertz CT molecular complexity index is 1610. The molecule has 194 valence electrons. The maximum Gasteiger partial charge on any atom is 0.258 e. The van der Waals surface area contributed by atoms with Crippen LogP contribution in [0.15, 0.2) is 53.5 Å². The Balaban J connectivity index is 1.48. The van der Waals surface area contributed by atoms with E-state index < -0.39 is 0 Å². The van der Waals surface area contributed by atoms with Gasteiger partial charge in [0.2, 0.25) is 0 Å². The summed E-state index contributed by atoms with van der Waals surface area (Å²) in [5.41, 5.74) is 3.12. The van der Waals surface area contributed by atoms with E-state index in [0.717, 1.165) is 42.7 Å². The van der Waals surface area contributed by atoms with Gasteiger partial charge in [-0.2, -0.15) is 5.26 Å². The molecule has 0 bridgehead atoms. The molecule has 7 nitrogen and oxygen atoms in total.